The van der Waals surface area contributed by atoms with E-state index >= 15 is 0 Å². The molecule has 1 spiro atoms. The summed E-state index contributed by atoms with van der Waals surface area (Å²) in [5.41, 5.74) is 2.05. The smallest absolute Gasteiger partial charge is 0.254 e. The number of hydrogen-bond donors (Lipinski definition) is 0. The van der Waals surface area contributed by atoms with Gasteiger partial charge in [-0.05, 0) is 111 Å². The molecular formula is C25H19ClI2N2O3. The van der Waals surface area contributed by atoms with Crippen LogP contribution in [0.3, 0.4) is 0 Å². The minimum Gasteiger partial charge on any atom is -0.487 e. The van der Waals surface area contributed by atoms with Crippen LogP contribution in [0, 0.1) is 36.2 Å². The molecule has 33 heavy (non-hydrogen) atoms. The zero-order valence-corrected chi connectivity index (χ0v) is 22.5. The molecule has 2 amide bonds. The average Bonchev–Trinajstić information content (AvgIpc) is 3.39. The van der Waals surface area contributed by atoms with Crippen molar-refractivity contribution in [3.05, 3.63) is 71.8 Å². The third-order valence-electron chi connectivity index (χ3n) is 7.47. The van der Waals surface area contributed by atoms with E-state index in [-0.39, 0.29) is 40.9 Å². The normalized spacial score (nSPS) is 28.4. The number of allylic oxidation sites excluding steroid dienone is 2. The maximum atomic E-state index is 13.1. The number of amides is 2. The van der Waals surface area contributed by atoms with E-state index in [4.69, 9.17) is 16.3 Å². The van der Waals surface area contributed by atoms with Crippen molar-refractivity contribution in [2.45, 2.75) is 19.4 Å². The Morgan fingerprint density at radius 2 is 1.61 bits per heavy atom. The summed E-state index contributed by atoms with van der Waals surface area (Å²) < 4.78 is 7.91. The number of ether oxygens (including phenoxy) is 1. The van der Waals surface area contributed by atoms with E-state index in [1.54, 1.807) is 6.21 Å². The predicted octanol–water partition coefficient (Wildman–Crippen LogP) is 5.66. The molecule has 0 unspecified atom stereocenters. The van der Waals surface area contributed by atoms with Crippen molar-refractivity contribution in [1.82, 2.24) is 5.01 Å². The molecular weight excluding hydrogens is 666 g/mol. The van der Waals surface area contributed by atoms with Gasteiger partial charge >= 0.3 is 0 Å². The van der Waals surface area contributed by atoms with Crippen molar-refractivity contribution in [2.24, 2.45) is 34.2 Å². The minimum absolute atomic E-state index is 0.142. The average molecular weight is 685 g/mol. The molecule has 2 aromatic carbocycles. The predicted molar refractivity (Wildman–Crippen MR) is 142 cm³/mol. The van der Waals surface area contributed by atoms with Gasteiger partial charge in [0, 0.05) is 5.02 Å². The van der Waals surface area contributed by atoms with Gasteiger partial charge in [0.2, 0.25) is 0 Å². The summed E-state index contributed by atoms with van der Waals surface area (Å²) in [6.45, 7) is 0.439. The molecule has 1 aliphatic heterocycles. The maximum Gasteiger partial charge on any atom is 0.254 e. The first-order chi connectivity index (χ1) is 15.9. The number of hydrogen-bond acceptors (Lipinski definition) is 4. The number of carbonyl (C=O) groups is 2. The SMILES string of the molecule is O=C1[C@@H]2[C@H](C(=O)N1/N=C\c1cc(I)c(OCc3ccc(Cl)cc3)c(I)c1)[C@H]1C=C[C@H]2C12CC2. The van der Waals surface area contributed by atoms with Crippen molar-refractivity contribution in [3.63, 3.8) is 0 Å². The highest BCUT2D eigenvalue weighted by atomic mass is 127. The summed E-state index contributed by atoms with van der Waals surface area (Å²) in [6, 6.07) is 11.5. The van der Waals surface area contributed by atoms with E-state index in [1.165, 1.54) is 0 Å². The number of hydrazone groups is 1. The number of fused-ring (bicyclic) bond motifs is 3. The lowest BCUT2D eigenvalue weighted by molar-refractivity contribution is -0.141. The molecule has 2 saturated carbocycles. The molecule has 2 aromatic rings. The fraction of sp³-hybridized carbons (Fsp3) is 0.320. The third-order valence-corrected chi connectivity index (χ3v) is 9.32. The molecule has 2 bridgehead atoms. The standard InChI is InChI=1S/C25H19ClI2N2O3/c26-15-3-1-13(2-4-15)12-33-22-18(27)9-14(10-19(22)28)11-29-30-23(31)20-16-5-6-17(21(20)24(30)32)25(16)7-8-25/h1-6,9-11,16-17,20-21H,7-8,12H2/b29-11-/t16-,17-,20-,21+/m1/s1. The summed E-state index contributed by atoms with van der Waals surface area (Å²) in [6.07, 6.45) is 8.22. The van der Waals surface area contributed by atoms with Crippen LogP contribution in [0.1, 0.15) is 24.0 Å². The highest BCUT2D eigenvalue weighted by Gasteiger charge is 2.73. The van der Waals surface area contributed by atoms with Crippen LogP contribution in [0.25, 0.3) is 0 Å². The van der Waals surface area contributed by atoms with Crippen LogP contribution >= 0.6 is 56.8 Å². The Hall–Kier alpha value is -1.46. The van der Waals surface area contributed by atoms with Crippen LogP contribution in [-0.4, -0.2) is 23.0 Å². The lowest BCUT2D eigenvalue weighted by atomic mass is 9.85. The largest absolute Gasteiger partial charge is 0.487 e. The Labute approximate surface area is 223 Å². The van der Waals surface area contributed by atoms with E-state index in [0.29, 0.717) is 11.6 Å². The van der Waals surface area contributed by atoms with E-state index in [9.17, 15) is 9.59 Å². The Morgan fingerprint density at radius 3 is 2.15 bits per heavy atom. The fourth-order valence-electron chi connectivity index (χ4n) is 5.83. The number of halogens is 3. The van der Waals surface area contributed by atoms with E-state index < -0.39 is 0 Å². The second-order valence-corrected chi connectivity index (χ2v) is 11.9. The molecule has 6 rings (SSSR count). The van der Waals surface area contributed by atoms with Gasteiger partial charge in [-0.15, -0.1) is 0 Å². The summed E-state index contributed by atoms with van der Waals surface area (Å²) in [5.74, 6) is 0.482. The van der Waals surface area contributed by atoms with Gasteiger partial charge in [-0.2, -0.15) is 10.1 Å². The molecule has 168 valence electrons. The quantitative estimate of drug-likeness (QED) is 0.177. The first kappa shape index (κ1) is 22.0. The van der Waals surface area contributed by atoms with Crippen molar-refractivity contribution < 1.29 is 14.3 Å². The van der Waals surface area contributed by atoms with Gasteiger partial charge in [-0.25, -0.2) is 0 Å². The van der Waals surface area contributed by atoms with Crippen LogP contribution in [0.5, 0.6) is 5.75 Å². The number of rotatable bonds is 5. The van der Waals surface area contributed by atoms with Gasteiger partial charge in [-0.3, -0.25) is 9.59 Å². The second-order valence-electron chi connectivity index (χ2n) is 9.18. The molecule has 8 heteroatoms. The van der Waals surface area contributed by atoms with Gasteiger partial charge in [0.1, 0.15) is 12.4 Å². The van der Waals surface area contributed by atoms with Crippen LogP contribution in [0.4, 0.5) is 0 Å². The van der Waals surface area contributed by atoms with Gasteiger partial charge < -0.3 is 4.74 Å². The van der Waals surface area contributed by atoms with Crippen molar-refractivity contribution in [1.29, 1.82) is 0 Å². The molecule has 3 aliphatic carbocycles. The lowest BCUT2D eigenvalue weighted by Gasteiger charge is -2.18. The summed E-state index contributed by atoms with van der Waals surface area (Å²) in [4.78, 5) is 26.2. The van der Waals surface area contributed by atoms with Gasteiger partial charge in [0.15, 0.2) is 0 Å². The monoisotopic (exact) mass is 684 g/mol. The number of imide groups is 1. The fourth-order valence-corrected chi connectivity index (χ4v) is 8.08. The summed E-state index contributed by atoms with van der Waals surface area (Å²) >= 11 is 10.4. The molecule has 0 radical (unpaired) electrons. The van der Waals surface area contributed by atoms with Gasteiger partial charge in [0.25, 0.3) is 11.8 Å². The van der Waals surface area contributed by atoms with Crippen LogP contribution in [0.2, 0.25) is 5.02 Å². The van der Waals surface area contributed by atoms with E-state index in [1.807, 2.05) is 36.4 Å². The number of nitrogens with zero attached hydrogens (tertiary/aromatic N) is 2. The first-order valence-electron chi connectivity index (χ1n) is 10.9. The van der Waals surface area contributed by atoms with Gasteiger partial charge in [-0.1, -0.05) is 35.9 Å². The zero-order chi connectivity index (χ0) is 22.9. The summed E-state index contributed by atoms with van der Waals surface area (Å²) in [7, 11) is 0. The molecule has 3 fully saturated rings. The van der Waals surface area contributed by atoms with E-state index in [2.05, 4.69) is 62.4 Å². The van der Waals surface area contributed by atoms with Crippen molar-refractivity contribution >= 4 is 74.8 Å². The molecule has 0 N–H and O–H groups in total. The maximum absolute atomic E-state index is 13.1. The Kier molecular flexibility index (Phi) is 5.37. The zero-order valence-electron chi connectivity index (χ0n) is 17.4. The van der Waals surface area contributed by atoms with Gasteiger partial charge in [0.05, 0.1) is 25.2 Å². The van der Waals surface area contributed by atoms with Crippen LogP contribution in [0.15, 0.2) is 53.7 Å². The van der Waals surface area contributed by atoms with Crippen molar-refractivity contribution in [3.8, 4) is 5.75 Å². The molecule has 1 heterocycles. The second kappa shape index (κ2) is 8.05. The number of carbonyl (C=O) groups excluding carboxylic acids is 2. The highest BCUT2D eigenvalue weighted by molar-refractivity contribution is 14.1. The lowest BCUT2D eigenvalue weighted by Crippen LogP contribution is -2.30. The van der Waals surface area contributed by atoms with Crippen molar-refractivity contribution in [2.75, 3.05) is 0 Å². The molecule has 1 saturated heterocycles. The molecule has 4 atom stereocenters. The topological polar surface area (TPSA) is 59.0 Å². The van der Waals surface area contributed by atoms with Crippen LogP contribution < -0.4 is 4.74 Å². The summed E-state index contributed by atoms with van der Waals surface area (Å²) in [5, 5.41) is 6.15. The van der Waals surface area contributed by atoms with Crippen LogP contribution in [-0.2, 0) is 16.2 Å². The molecule has 4 aliphatic rings. The Bertz CT molecular complexity index is 1180. The minimum atomic E-state index is -0.226. The Balaban J connectivity index is 1.18. The van der Waals surface area contributed by atoms with E-state index in [0.717, 1.165) is 41.9 Å². The molecule has 5 nitrogen and oxygen atoms in total. The third kappa shape index (κ3) is 3.48. The first-order valence-corrected chi connectivity index (χ1v) is 13.4. The number of benzene rings is 2. The molecule has 0 aromatic heterocycles. The highest BCUT2D eigenvalue weighted by Crippen LogP contribution is 2.73. The Morgan fingerprint density at radius 1 is 1.03 bits per heavy atom.